The van der Waals surface area contributed by atoms with Gasteiger partial charge in [0.15, 0.2) is 5.13 Å². The fraction of sp³-hybridized carbons (Fsp3) is 0.300. The first-order chi connectivity index (χ1) is 15.0. The summed E-state index contributed by atoms with van der Waals surface area (Å²) >= 11 is 2.77. The maximum atomic E-state index is 12.8. The second-order valence-corrected chi connectivity index (χ2v) is 8.50. The molecular weight excluding hydrogens is 440 g/mol. The number of alkyl carbamates (subject to hydrolysis) is 1. The standard InChI is InChI=1S/C20H20N4O5S2/c1-2-29-20(27)23-17(26)13-5-10-30-18(13)22-16(25)12-3-4-15-14(11-12)21-19(31-15)24-6-8-28-9-7-24/h3-5,10-11H,2,6-9H2,1H3,(H,22,25)(H,23,26,27). The Kier molecular flexibility index (Phi) is 6.44. The number of carbonyl (C=O) groups is 3. The summed E-state index contributed by atoms with van der Waals surface area (Å²) in [6, 6.07) is 6.86. The number of nitrogens with one attached hydrogen (secondary N) is 2. The fourth-order valence-corrected chi connectivity index (χ4v) is 4.81. The molecule has 11 heteroatoms. The third-order valence-corrected chi connectivity index (χ3v) is 6.48. The zero-order chi connectivity index (χ0) is 21.8. The third kappa shape index (κ3) is 4.84. The van der Waals surface area contributed by atoms with Crippen LogP contribution in [0.1, 0.15) is 27.6 Å². The Morgan fingerprint density at radius 3 is 2.77 bits per heavy atom. The van der Waals surface area contributed by atoms with Gasteiger partial charge in [0.1, 0.15) is 5.00 Å². The molecule has 162 valence electrons. The van der Waals surface area contributed by atoms with Crippen LogP contribution in [-0.4, -0.2) is 55.8 Å². The number of hydrogen-bond acceptors (Lipinski definition) is 9. The zero-order valence-electron chi connectivity index (χ0n) is 16.7. The van der Waals surface area contributed by atoms with Crippen LogP contribution in [0.2, 0.25) is 0 Å². The van der Waals surface area contributed by atoms with Gasteiger partial charge >= 0.3 is 6.09 Å². The SMILES string of the molecule is CCOC(=O)NC(=O)c1ccsc1NC(=O)c1ccc2sc(N3CCOCC3)nc2c1. The van der Waals surface area contributed by atoms with E-state index in [4.69, 9.17) is 9.47 Å². The van der Waals surface area contributed by atoms with Crippen molar-refractivity contribution in [2.75, 3.05) is 43.1 Å². The van der Waals surface area contributed by atoms with Crippen molar-refractivity contribution < 1.29 is 23.9 Å². The van der Waals surface area contributed by atoms with Crippen molar-refractivity contribution in [2.45, 2.75) is 6.92 Å². The molecule has 4 rings (SSSR count). The average molecular weight is 461 g/mol. The lowest BCUT2D eigenvalue weighted by atomic mass is 10.2. The third-order valence-electron chi connectivity index (χ3n) is 4.55. The molecule has 1 aliphatic rings. The van der Waals surface area contributed by atoms with E-state index < -0.39 is 12.0 Å². The van der Waals surface area contributed by atoms with E-state index in [1.165, 1.54) is 17.4 Å². The molecule has 9 nitrogen and oxygen atoms in total. The van der Waals surface area contributed by atoms with Crippen molar-refractivity contribution in [3.05, 3.63) is 40.8 Å². The average Bonchev–Trinajstić information content (AvgIpc) is 3.40. The van der Waals surface area contributed by atoms with Gasteiger partial charge in [0.25, 0.3) is 11.8 Å². The van der Waals surface area contributed by atoms with Gasteiger partial charge in [0.2, 0.25) is 0 Å². The highest BCUT2D eigenvalue weighted by Gasteiger charge is 2.20. The summed E-state index contributed by atoms with van der Waals surface area (Å²) in [5.74, 6) is -1.00. The molecule has 1 saturated heterocycles. The number of aromatic nitrogens is 1. The van der Waals surface area contributed by atoms with Crippen LogP contribution in [0.25, 0.3) is 10.2 Å². The van der Waals surface area contributed by atoms with Crippen LogP contribution in [0.15, 0.2) is 29.6 Å². The van der Waals surface area contributed by atoms with E-state index in [2.05, 4.69) is 20.5 Å². The molecule has 0 radical (unpaired) electrons. The molecule has 1 aliphatic heterocycles. The first kappa shape index (κ1) is 21.2. The topological polar surface area (TPSA) is 110 Å². The van der Waals surface area contributed by atoms with Gasteiger partial charge in [-0.05, 0) is 36.6 Å². The van der Waals surface area contributed by atoms with E-state index in [-0.39, 0.29) is 18.1 Å². The Labute approximate surface area is 186 Å². The molecule has 31 heavy (non-hydrogen) atoms. The molecule has 2 aromatic heterocycles. The van der Waals surface area contributed by atoms with Crippen molar-refractivity contribution in [1.82, 2.24) is 10.3 Å². The number of thiophene rings is 1. The number of imide groups is 1. The first-order valence-electron chi connectivity index (χ1n) is 9.65. The molecule has 0 aliphatic carbocycles. The number of hydrogen-bond donors (Lipinski definition) is 2. The molecular formula is C20H20N4O5S2. The van der Waals surface area contributed by atoms with Gasteiger partial charge in [-0.3, -0.25) is 14.9 Å². The molecule has 3 amide bonds. The van der Waals surface area contributed by atoms with Crippen LogP contribution < -0.4 is 15.5 Å². The predicted molar refractivity (Wildman–Crippen MR) is 119 cm³/mol. The van der Waals surface area contributed by atoms with Crippen LogP contribution >= 0.6 is 22.7 Å². The molecule has 0 saturated carbocycles. The molecule has 3 heterocycles. The molecule has 1 fully saturated rings. The van der Waals surface area contributed by atoms with Crippen LogP contribution in [-0.2, 0) is 9.47 Å². The summed E-state index contributed by atoms with van der Waals surface area (Å²) in [6.07, 6.45) is -0.832. The summed E-state index contributed by atoms with van der Waals surface area (Å²) in [6.45, 7) is 4.74. The smallest absolute Gasteiger partial charge is 0.414 e. The Hall–Kier alpha value is -3.02. The molecule has 3 aromatic rings. The van der Waals surface area contributed by atoms with Crippen LogP contribution in [0.4, 0.5) is 14.9 Å². The van der Waals surface area contributed by atoms with Gasteiger partial charge in [0, 0.05) is 18.7 Å². The van der Waals surface area contributed by atoms with Gasteiger partial charge in [0.05, 0.1) is 35.6 Å². The quantitative estimate of drug-likeness (QED) is 0.601. The molecule has 0 atom stereocenters. The maximum Gasteiger partial charge on any atom is 0.414 e. The predicted octanol–water partition coefficient (Wildman–Crippen LogP) is 3.33. The van der Waals surface area contributed by atoms with Gasteiger partial charge in [-0.25, -0.2) is 9.78 Å². The minimum atomic E-state index is -0.832. The lowest BCUT2D eigenvalue weighted by Gasteiger charge is -2.25. The van der Waals surface area contributed by atoms with Crippen molar-refractivity contribution in [2.24, 2.45) is 0 Å². The Bertz CT molecular complexity index is 1120. The van der Waals surface area contributed by atoms with Gasteiger partial charge in [-0.2, -0.15) is 0 Å². The van der Waals surface area contributed by atoms with E-state index in [0.717, 1.165) is 28.4 Å². The lowest BCUT2D eigenvalue weighted by Crippen LogP contribution is -2.36. The number of benzene rings is 1. The Morgan fingerprint density at radius 2 is 2.00 bits per heavy atom. The largest absolute Gasteiger partial charge is 0.450 e. The summed E-state index contributed by atoms with van der Waals surface area (Å²) in [5.41, 5.74) is 1.36. The van der Waals surface area contributed by atoms with Crippen molar-refractivity contribution >= 4 is 60.9 Å². The molecule has 0 unspecified atom stereocenters. The lowest BCUT2D eigenvalue weighted by molar-refractivity contribution is 0.0926. The number of amides is 3. The zero-order valence-corrected chi connectivity index (χ0v) is 18.3. The summed E-state index contributed by atoms with van der Waals surface area (Å²) < 4.78 is 11.1. The molecule has 0 bridgehead atoms. The normalized spacial score (nSPS) is 13.8. The highest BCUT2D eigenvalue weighted by atomic mass is 32.1. The number of thiazole rings is 1. The number of nitrogens with zero attached hydrogens (tertiary/aromatic N) is 2. The van der Waals surface area contributed by atoms with E-state index in [1.54, 1.807) is 35.8 Å². The second-order valence-electron chi connectivity index (χ2n) is 6.57. The molecule has 1 aromatic carbocycles. The van der Waals surface area contributed by atoms with E-state index >= 15 is 0 Å². The number of fused-ring (bicyclic) bond motifs is 1. The number of carbonyl (C=O) groups excluding carboxylic acids is 3. The fourth-order valence-electron chi connectivity index (χ4n) is 3.03. The Balaban J connectivity index is 1.48. The minimum Gasteiger partial charge on any atom is -0.450 e. The molecule has 2 N–H and O–H groups in total. The molecule has 0 spiro atoms. The van der Waals surface area contributed by atoms with Gasteiger partial charge < -0.3 is 19.7 Å². The number of rotatable bonds is 5. The van der Waals surface area contributed by atoms with E-state index in [9.17, 15) is 14.4 Å². The Morgan fingerprint density at radius 1 is 1.19 bits per heavy atom. The van der Waals surface area contributed by atoms with Gasteiger partial charge in [-0.1, -0.05) is 11.3 Å². The van der Waals surface area contributed by atoms with E-state index in [0.29, 0.717) is 23.8 Å². The van der Waals surface area contributed by atoms with Crippen molar-refractivity contribution in [3.63, 3.8) is 0 Å². The monoisotopic (exact) mass is 460 g/mol. The van der Waals surface area contributed by atoms with Crippen molar-refractivity contribution in [3.8, 4) is 0 Å². The number of anilines is 2. The highest BCUT2D eigenvalue weighted by molar-refractivity contribution is 7.22. The maximum absolute atomic E-state index is 12.8. The van der Waals surface area contributed by atoms with E-state index in [1.807, 2.05) is 6.07 Å². The summed E-state index contributed by atoms with van der Waals surface area (Å²) in [4.78, 5) is 43.4. The number of morpholine rings is 1. The summed E-state index contributed by atoms with van der Waals surface area (Å²) in [7, 11) is 0. The van der Waals surface area contributed by atoms with Crippen LogP contribution in [0.5, 0.6) is 0 Å². The van der Waals surface area contributed by atoms with Crippen molar-refractivity contribution in [1.29, 1.82) is 0 Å². The van der Waals surface area contributed by atoms with Gasteiger partial charge in [-0.15, -0.1) is 11.3 Å². The second kappa shape index (κ2) is 9.41. The number of ether oxygens (including phenoxy) is 2. The first-order valence-corrected chi connectivity index (χ1v) is 11.3. The van der Waals surface area contributed by atoms with Crippen LogP contribution in [0, 0.1) is 0 Å². The minimum absolute atomic E-state index is 0.151. The summed E-state index contributed by atoms with van der Waals surface area (Å²) in [5, 5.41) is 7.79. The van der Waals surface area contributed by atoms with Crippen LogP contribution in [0.3, 0.4) is 0 Å². The highest BCUT2D eigenvalue weighted by Crippen LogP contribution is 2.30.